The molecule has 1 fully saturated rings. The third-order valence-electron chi connectivity index (χ3n) is 2.53. The number of amides is 2. The lowest BCUT2D eigenvalue weighted by Gasteiger charge is -2.37. The summed E-state index contributed by atoms with van der Waals surface area (Å²) >= 11 is 0. The molecule has 2 rings (SSSR count). The van der Waals surface area contributed by atoms with Crippen LogP contribution in [0, 0.1) is 0 Å². The quantitative estimate of drug-likeness (QED) is 0.799. The van der Waals surface area contributed by atoms with E-state index in [4.69, 9.17) is 10.5 Å². The van der Waals surface area contributed by atoms with Crippen LogP contribution in [0.3, 0.4) is 0 Å². The molecule has 1 saturated heterocycles. The van der Waals surface area contributed by atoms with Crippen molar-refractivity contribution in [2.24, 2.45) is 5.73 Å². The normalized spacial score (nSPS) is 18.8. The number of nitrogens with zero attached hydrogens (tertiary/aromatic N) is 1. The summed E-state index contributed by atoms with van der Waals surface area (Å²) in [5.41, 5.74) is 5.13. The summed E-state index contributed by atoms with van der Waals surface area (Å²) in [7, 11) is 0. The topological polar surface area (TPSA) is 72.6 Å². The van der Waals surface area contributed by atoms with E-state index in [1.165, 1.54) is 4.90 Å². The molecule has 1 aliphatic rings. The minimum Gasteiger partial charge on any atom is -0.410 e. The van der Waals surface area contributed by atoms with Gasteiger partial charge in [0.1, 0.15) is 11.8 Å². The molecule has 2 amide bonds. The van der Waals surface area contributed by atoms with Crippen molar-refractivity contribution in [3.05, 3.63) is 30.3 Å². The van der Waals surface area contributed by atoms with Crippen LogP contribution in [0.15, 0.2) is 30.3 Å². The zero-order valence-electron chi connectivity index (χ0n) is 8.63. The van der Waals surface area contributed by atoms with Crippen LogP contribution in [0.4, 0.5) is 4.79 Å². The first kappa shape index (κ1) is 10.5. The molecule has 84 valence electrons. The molecule has 2 N–H and O–H groups in total. The van der Waals surface area contributed by atoms with Crippen molar-refractivity contribution in [2.45, 2.75) is 12.5 Å². The van der Waals surface area contributed by atoms with Crippen molar-refractivity contribution in [1.82, 2.24) is 4.90 Å². The van der Waals surface area contributed by atoms with E-state index in [0.29, 0.717) is 18.7 Å². The fourth-order valence-corrected chi connectivity index (χ4v) is 1.55. The van der Waals surface area contributed by atoms with E-state index in [0.717, 1.165) is 0 Å². The van der Waals surface area contributed by atoms with Crippen molar-refractivity contribution in [3.63, 3.8) is 0 Å². The van der Waals surface area contributed by atoms with Gasteiger partial charge in [0.05, 0.1) is 0 Å². The van der Waals surface area contributed by atoms with Gasteiger partial charge in [0.15, 0.2) is 0 Å². The van der Waals surface area contributed by atoms with E-state index in [9.17, 15) is 9.59 Å². The van der Waals surface area contributed by atoms with Crippen molar-refractivity contribution in [2.75, 3.05) is 6.54 Å². The molecular formula is C11H12N2O3. The predicted molar refractivity (Wildman–Crippen MR) is 56.8 cm³/mol. The van der Waals surface area contributed by atoms with Crippen LogP contribution in [0.25, 0.3) is 0 Å². The number of ether oxygens (including phenoxy) is 1. The second-order valence-corrected chi connectivity index (χ2v) is 3.58. The number of primary amides is 1. The molecule has 0 aromatic heterocycles. The molecule has 0 saturated carbocycles. The number of carbonyl (C=O) groups excluding carboxylic acids is 2. The average molecular weight is 220 g/mol. The maximum Gasteiger partial charge on any atom is 0.415 e. The van der Waals surface area contributed by atoms with Gasteiger partial charge in [-0.05, 0) is 18.6 Å². The molecule has 1 heterocycles. The van der Waals surface area contributed by atoms with Crippen molar-refractivity contribution in [3.8, 4) is 5.75 Å². The summed E-state index contributed by atoms with van der Waals surface area (Å²) in [5.74, 6) is -0.0288. The number of hydrogen-bond donors (Lipinski definition) is 1. The summed E-state index contributed by atoms with van der Waals surface area (Å²) in [4.78, 5) is 23.9. The maximum absolute atomic E-state index is 11.6. The van der Waals surface area contributed by atoms with Gasteiger partial charge in [0.25, 0.3) is 0 Å². The maximum atomic E-state index is 11.6. The predicted octanol–water partition coefficient (Wildman–Crippen LogP) is 0.745. The molecule has 1 atom stereocenters. The van der Waals surface area contributed by atoms with Gasteiger partial charge in [-0.3, -0.25) is 9.69 Å². The molecule has 1 aromatic rings. The Kier molecular flexibility index (Phi) is 2.76. The van der Waals surface area contributed by atoms with Crippen LogP contribution < -0.4 is 10.5 Å². The van der Waals surface area contributed by atoms with Crippen LogP contribution in [0.2, 0.25) is 0 Å². The highest BCUT2D eigenvalue weighted by Crippen LogP contribution is 2.19. The van der Waals surface area contributed by atoms with Crippen molar-refractivity contribution < 1.29 is 14.3 Å². The summed E-state index contributed by atoms with van der Waals surface area (Å²) in [6.45, 7) is 0.513. The summed E-state index contributed by atoms with van der Waals surface area (Å²) < 4.78 is 5.08. The summed E-state index contributed by atoms with van der Waals surface area (Å²) in [6.07, 6.45) is 0.0837. The number of carbonyl (C=O) groups is 2. The van der Waals surface area contributed by atoms with Crippen LogP contribution in [-0.4, -0.2) is 29.5 Å². The lowest BCUT2D eigenvalue weighted by Crippen LogP contribution is -2.58. The first-order valence-electron chi connectivity index (χ1n) is 5.01. The van der Waals surface area contributed by atoms with Gasteiger partial charge in [-0.15, -0.1) is 0 Å². The first-order chi connectivity index (χ1) is 7.68. The van der Waals surface area contributed by atoms with E-state index in [2.05, 4.69) is 0 Å². The molecule has 0 spiro atoms. The Hall–Kier alpha value is -2.04. The van der Waals surface area contributed by atoms with Gasteiger partial charge in [-0.25, -0.2) is 4.79 Å². The van der Waals surface area contributed by atoms with Gasteiger partial charge < -0.3 is 10.5 Å². The van der Waals surface area contributed by atoms with E-state index >= 15 is 0 Å². The van der Waals surface area contributed by atoms with Gasteiger partial charge in [0, 0.05) is 6.54 Å². The molecule has 16 heavy (non-hydrogen) atoms. The molecule has 0 radical (unpaired) electrons. The molecule has 0 aliphatic carbocycles. The molecule has 1 aromatic carbocycles. The summed E-state index contributed by atoms with van der Waals surface area (Å²) in [6, 6.07) is 8.20. The average Bonchev–Trinajstić information content (AvgIpc) is 2.16. The number of hydrogen-bond acceptors (Lipinski definition) is 3. The Labute approximate surface area is 92.8 Å². The lowest BCUT2D eigenvalue weighted by molar-refractivity contribution is -0.126. The second kappa shape index (κ2) is 4.22. The van der Waals surface area contributed by atoms with Crippen LogP contribution in [0.1, 0.15) is 6.42 Å². The Bertz CT molecular complexity index is 405. The van der Waals surface area contributed by atoms with Gasteiger partial charge in [-0.1, -0.05) is 18.2 Å². The first-order valence-corrected chi connectivity index (χ1v) is 5.01. The molecule has 5 heteroatoms. The number of para-hydroxylation sites is 1. The third kappa shape index (κ3) is 1.98. The monoisotopic (exact) mass is 220 g/mol. The van der Waals surface area contributed by atoms with Gasteiger partial charge >= 0.3 is 6.09 Å². The highest BCUT2D eigenvalue weighted by molar-refractivity contribution is 5.86. The standard InChI is InChI=1S/C11H12N2O3/c12-10(14)9-6-7-13(9)11(15)16-8-4-2-1-3-5-8/h1-5,9H,6-7H2,(H2,12,14). The Balaban J connectivity index is 1.97. The third-order valence-corrected chi connectivity index (χ3v) is 2.53. The van der Waals surface area contributed by atoms with Gasteiger partial charge in [-0.2, -0.15) is 0 Å². The van der Waals surface area contributed by atoms with E-state index in [1.54, 1.807) is 24.3 Å². The molecule has 1 unspecified atom stereocenters. The van der Waals surface area contributed by atoms with Gasteiger partial charge in [0.2, 0.25) is 5.91 Å². The minimum atomic E-state index is -0.527. The van der Waals surface area contributed by atoms with Crippen LogP contribution in [-0.2, 0) is 4.79 Å². The zero-order valence-corrected chi connectivity index (χ0v) is 8.63. The Morgan fingerprint density at radius 3 is 2.50 bits per heavy atom. The summed E-state index contributed by atoms with van der Waals surface area (Å²) in [5, 5.41) is 0. The SMILES string of the molecule is NC(=O)C1CCN1C(=O)Oc1ccccc1. The highest BCUT2D eigenvalue weighted by Gasteiger charge is 2.37. The second-order valence-electron chi connectivity index (χ2n) is 3.58. The fraction of sp³-hybridized carbons (Fsp3) is 0.273. The smallest absolute Gasteiger partial charge is 0.410 e. The van der Waals surface area contributed by atoms with Crippen molar-refractivity contribution in [1.29, 1.82) is 0 Å². The minimum absolute atomic E-state index is 0.461. The number of likely N-dealkylation sites (tertiary alicyclic amines) is 1. The molecule has 0 bridgehead atoms. The Morgan fingerprint density at radius 1 is 1.31 bits per heavy atom. The van der Waals surface area contributed by atoms with E-state index in [1.807, 2.05) is 6.07 Å². The highest BCUT2D eigenvalue weighted by atomic mass is 16.6. The number of rotatable bonds is 2. The van der Waals surface area contributed by atoms with E-state index in [-0.39, 0.29) is 0 Å². The zero-order chi connectivity index (χ0) is 11.5. The van der Waals surface area contributed by atoms with Crippen LogP contribution in [0.5, 0.6) is 5.75 Å². The molecule has 1 aliphatic heterocycles. The van der Waals surface area contributed by atoms with E-state index < -0.39 is 18.0 Å². The van der Waals surface area contributed by atoms with Crippen LogP contribution >= 0.6 is 0 Å². The number of nitrogens with two attached hydrogens (primary N) is 1. The van der Waals surface area contributed by atoms with Crippen molar-refractivity contribution >= 4 is 12.0 Å². The largest absolute Gasteiger partial charge is 0.415 e. The molecular weight excluding hydrogens is 208 g/mol. The number of benzene rings is 1. The Morgan fingerprint density at radius 2 is 2.00 bits per heavy atom. The molecule has 5 nitrogen and oxygen atoms in total. The lowest BCUT2D eigenvalue weighted by atomic mass is 10.0. The fourth-order valence-electron chi connectivity index (χ4n) is 1.55.